The van der Waals surface area contributed by atoms with Crippen molar-refractivity contribution in [1.29, 1.82) is 0 Å². The molecule has 0 radical (unpaired) electrons. The van der Waals surface area contributed by atoms with Crippen molar-refractivity contribution in [2.75, 3.05) is 0 Å². The van der Waals surface area contributed by atoms with E-state index in [4.69, 9.17) is 5.73 Å². The lowest BCUT2D eigenvalue weighted by molar-refractivity contribution is 0.0835. The summed E-state index contributed by atoms with van der Waals surface area (Å²) in [7, 11) is 0. The lowest BCUT2D eigenvalue weighted by Crippen LogP contribution is -2.57. The van der Waals surface area contributed by atoms with Crippen molar-refractivity contribution in [2.45, 2.75) is 47.1 Å². The molecule has 0 aromatic rings. The first-order valence-corrected chi connectivity index (χ1v) is 5.71. The van der Waals surface area contributed by atoms with E-state index in [-0.39, 0.29) is 5.54 Å². The molecule has 1 nitrogen and oxygen atoms in total. The fraction of sp³-hybridized carbons (Fsp3) is 0.846. The summed E-state index contributed by atoms with van der Waals surface area (Å²) in [5, 5.41) is 0. The molecule has 0 amide bonds. The van der Waals surface area contributed by atoms with E-state index in [1.54, 1.807) is 0 Å². The van der Waals surface area contributed by atoms with Gasteiger partial charge in [-0.1, -0.05) is 46.8 Å². The van der Waals surface area contributed by atoms with Crippen LogP contribution in [0.2, 0.25) is 0 Å². The molecular weight excluding hydrogens is 170 g/mol. The van der Waals surface area contributed by atoms with Gasteiger partial charge in [-0.15, -0.1) is 0 Å². The first-order valence-electron chi connectivity index (χ1n) is 5.71. The highest BCUT2D eigenvalue weighted by Gasteiger charge is 2.48. The minimum Gasteiger partial charge on any atom is -0.325 e. The van der Waals surface area contributed by atoms with Crippen LogP contribution in [0, 0.1) is 23.2 Å². The fourth-order valence-electron chi connectivity index (χ4n) is 2.28. The lowest BCUT2D eigenvalue weighted by atomic mass is 9.54. The molecule has 0 bridgehead atoms. The maximum atomic E-state index is 6.43. The van der Waals surface area contributed by atoms with Gasteiger partial charge in [0.25, 0.3) is 0 Å². The van der Waals surface area contributed by atoms with Gasteiger partial charge in [0, 0.05) is 11.5 Å². The van der Waals surface area contributed by atoms with E-state index in [0.717, 1.165) is 0 Å². The Morgan fingerprint density at radius 2 is 1.79 bits per heavy atom. The summed E-state index contributed by atoms with van der Waals surface area (Å²) in [6.45, 7) is 13.5. The van der Waals surface area contributed by atoms with Crippen molar-refractivity contribution < 1.29 is 0 Å². The van der Waals surface area contributed by atoms with Crippen molar-refractivity contribution >= 4 is 0 Å². The Kier molecular flexibility index (Phi) is 2.84. The predicted octanol–water partition coefficient (Wildman–Crippen LogP) is 3.21. The fourth-order valence-corrected chi connectivity index (χ4v) is 2.28. The topological polar surface area (TPSA) is 26.0 Å². The highest BCUT2D eigenvalue weighted by Crippen LogP contribution is 2.51. The van der Waals surface area contributed by atoms with Crippen molar-refractivity contribution in [3.63, 3.8) is 0 Å². The molecule has 3 unspecified atom stereocenters. The van der Waals surface area contributed by atoms with Gasteiger partial charge in [0.05, 0.1) is 0 Å². The van der Waals surface area contributed by atoms with E-state index in [1.807, 2.05) is 0 Å². The van der Waals surface area contributed by atoms with E-state index >= 15 is 0 Å². The number of hydrogen-bond donors (Lipinski definition) is 1. The molecule has 0 heterocycles. The monoisotopic (exact) mass is 195 g/mol. The first-order chi connectivity index (χ1) is 6.23. The van der Waals surface area contributed by atoms with Gasteiger partial charge < -0.3 is 5.73 Å². The molecule has 0 spiro atoms. The van der Waals surface area contributed by atoms with Gasteiger partial charge in [-0.25, -0.2) is 0 Å². The van der Waals surface area contributed by atoms with E-state index in [1.165, 1.54) is 0 Å². The largest absolute Gasteiger partial charge is 0.325 e. The second kappa shape index (κ2) is 3.37. The molecule has 82 valence electrons. The van der Waals surface area contributed by atoms with Crippen LogP contribution in [0.4, 0.5) is 0 Å². The smallest absolute Gasteiger partial charge is 0.0220 e. The second-order valence-corrected chi connectivity index (χ2v) is 5.88. The number of nitrogens with two attached hydrogens (primary N) is 1. The molecule has 1 rings (SSSR count). The molecule has 14 heavy (non-hydrogen) atoms. The Morgan fingerprint density at radius 3 is 2.00 bits per heavy atom. The summed E-state index contributed by atoms with van der Waals surface area (Å²) < 4.78 is 0. The van der Waals surface area contributed by atoms with Crippen molar-refractivity contribution in [2.24, 2.45) is 28.9 Å². The highest BCUT2D eigenvalue weighted by atomic mass is 14.8. The summed E-state index contributed by atoms with van der Waals surface area (Å²) in [6.07, 6.45) is 4.62. The third-order valence-electron chi connectivity index (χ3n) is 4.48. The quantitative estimate of drug-likeness (QED) is 0.688. The molecule has 1 aliphatic carbocycles. The summed E-state index contributed by atoms with van der Waals surface area (Å²) in [6, 6.07) is 0. The van der Waals surface area contributed by atoms with Crippen molar-refractivity contribution in [3.8, 4) is 0 Å². The van der Waals surface area contributed by atoms with Gasteiger partial charge in [-0.05, 0) is 24.2 Å². The van der Waals surface area contributed by atoms with E-state index in [0.29, 0.717) is 23.2 Å². The molecule has 0 aliphatic heterocycles. The van der Waals surface area contributed by atoms with Crippen LogP contribution in [0.3, 0.4) is 0 Å². The Hall–Kier alpha value is -0.300. The zero-order valence-corrected chi connectivity index (χ0v) is 10.5. The van der Waals surface area contributed by atoms with Gasteiger partial charge in [0.2, 0.25) is 0 Å². The molecule has 3 atom stereocenters. The minimum atomic E-state index is -0.0756. The number of allylic oxidation sites excluding steroid dienone is 1. The van der Waals surface area contributed by atoms with Crippen LogP contribution in [0.15, 0.2) is 12.2 Å². The summed E-state index contributed by atoms with van der Waals surface area (Å²) in [5.74, 6) is 1.71. The third-order valence-corrected chi connectivity index (χ3v) is 4.48. The number of rotatable bonds is 3. The second-order valence-electron chi connectivity index (χ2n) is 5.88. The third kappa shape index (κ3) is 1.52. The SMILES string of the molecule is CC(C)C(C)(N)C1C=CC1(C)C(C)C. The zero-order valence-electron chi connectivity index (χ0n) is 10.5. The van der Waals surface area contributed by atoms with E-state index in [2.05, 4.69) is 53.7 Å². The van der Waals surface area contributed by atoms with Crippen LogP contribution in [-0.4, -0.2) is 5.54 Å². The minimum absolute atomic E-state index is 0.0756. The maximum absolute atomic E-state index is 6.43. The molecule has 0 aromatic carbocycles. The van der Waals surface area contributed by atoms with E-state index in [9.17, 15) is 0 Å². The molecular formula is C13H25N. The highest BCUT2D eigenvalue weighted by molar-refractivity contribution is 5.24. The molecule has 0 aromatic heterocycles. The molecule has 0 fully saturated rings. The molecule has 0 saturated heterocycles. The summed E-state index contributed by atoms with van der Waals surface area (Å²) in [5.41, 5.74) is 6.65. The number of hydrogen-bond acceptors (Lipinski definition) is 1. The van der Waals surface area contributed by atoms with Crippen LogP contribution in [0.1, 0.15) is 41.5 Å². The predicted molar refractivity (Wildman–Crippen MR) is 63.0 cm³/mol. The van der Waals surface area contributed by atoms with Crippen LogP contribution < -0.4 is 5.73 Å². The van der Waals surface area contributed by atoms with Gasteiger partial charge in [-0.3, -0.25) is 0 Å². The standard InChI is InChI=1S/C13H25N/c1-9(2)12(5)8-7-11(12)13(6,14)10(3)4/h7-11H,14H2,1-6H3. The average Bonchev–Trinajstić information content (AvgIpc) is 1.99. The summed E-state index contributed by atoms with van der Waals surface area (Å²) in [4.78, 5) is 0. The van der Waals surface area contributed by atoms with Crippen molar-refractivity contribution in [1.82, 2.24) is 0 Å². The normalized spacial score (nSPS) is 35.9. The average molecular weight is 195 g/mol. The Labute approximate surface area is 88.8 Å². The van der Waals surface area contributed by atoms with Crippen LogP contribution >= 0.6 is 0 Å². The summed E-state index contributed by atoms with van der Waals surface area (Å²) >= 11 is 0. The van der Waals surface area contributed by atoms with Gasteiger partial charge in [-0.2, -0.15) is 0 Å². The molecule has 0 saturated carbocycles. The molecule has 2 N–H and O–H groups in total. The van der Waals surface area contributed by atoms with Gasteiger partial charge in [0.1, 0.15) is 0 Å². The maximum Gasteiger partial charge on any atom is 0.0220 e. The van der Waals surface area contributed by atoms with Gasteiger partial charge >= 0.3 is 0 Å². The van der Waals surface area contributed by atoms with Crippen LogP contribution in [-0.2, 0) is 0 Å². The van der Waals surface area contributed by atoms with E-state index < -0.39 is 0 Å². The van der Waals surface area contributed by atoms with Crippen LogP contribution in [0.25, 0.3) is 0 Å². The Morgan fingerprint density at radius 1 is 1.29 bits per heavy atom. The zero-order chi connectivity index (χ0) is 11.1. The molecule has 1 aliphatic rings. The van der Waals surface area contributed by atoms with Crippen molar-refractivity contribution in [3.05, 3.63) is 12.2 Å². The van der Waals surface area contributed by atoms with Gasteiger partial charge in [0.15, 0.2) is 0 Å². The lowest BCUT2D eigenvalue weighted by Gasteiger charge is -2.53. The first kappa shape index (κ1) is 11.8. The Balaban J connectivity index is 2.88. The molecule has 1 heteroatoms. The van der Waals surface area contributed by atoms with Crippen LogP contribution in [0.5, 0.6) is 0 Å². The Bertz CT molecular complexity index is 238.